The maximum atomic E-state index is 13.2. The molecule has 0 fully saturated rings. The van der Waals surface area contributed by atoms with Crippen molar-refractivity contribution in [2.45, 2.75) is 13.2 Å². The third-order valence-electron chi connectivity index (χ3n) is 2.76. The van der Waals surface area contributed by atoms with Crippen molar-refractivity contribution in [1.82, 2.24) is 0 Å². The van der Waals surface area contributed by atoms with Crippen molar-refractivity contribution in [3.8, 4) is 0 Å². The van der Waals surface area contributed by atoms with Gasteiger partial charge >= 0.3 is 0 Å². The van der Waals surface area contributed by atoms with E-state index in [0.717, 1.165) is 11.1 Å². The van der Waals surface area contributed by atoms with Crippen molar-refractivity contribution in [3.63, 3.8) is 0 Å². The minimum Gasteiger partial charge on any atom is -0.381 e. The standard InChI is InChI=1S/C15H15ClFNO/c1-19-10-12-5-3-2-4-11(12)9-18-15-7-13(16)6-14(17)8-15/h2-8,18H,9-10H2,1H3. The van der Waals surface area contributed by atoms with Gasteiger partial charge in [-0.1, -0.05) is 35.9 Å². The van der Waals surface area contributed by atoms with E-state index in [4.69, 9.17) is 16.3 Å². The lowest BCUT2D eigenvalue weighted by molar-refractivity contribution is 0.184. The van der Waals surface area contributed by atoms with Gasteiger partial charge in [0.25, 0.3) is 0 Å². The number of benzene rings is 2. The molecule has 0 radical (unpaired) electrons. The molecule has 0 heterocycles. The lowest BCUT2D eigenvalue weighted by Crippen LogP contribution is -2.03. The zero-order valence-electron chi connectivity index (χ0n) is 10.6. The number of rotatable bonds is 5. The average molecular weight is 280 g/mol. The average Bonchev–Trinajstić information content (AvgIpc) is 2.37. The zero-order chi connectivity index (χ0) is 13.7. The molecule has 2 aromatic carbocycles. The van der Waals surface area contributed by atoms with Crippen LogP contribution in [0, 0.1) is 5.82 Å². The third-order valence-corrected chi connectivity index (χ3v) is 2.98. The van der Waals surface area contributed by atoms with E-state index < -0.39 is 0 Å². The predicted octanol–water partition coefficient (Wildman–Crippen LogP) is 4.24. The molecule has 100 valence electrons. The summed E-state index contributed by atoms with van der Waals surface area (Å²) in [5, 5.41) is 3.54. The summed E-state index contributed by atoms with van der Waals surface area (Å²) in [6.45, 7) is 1.15. The van der Waals surface area contributed by atoms with Crippen LogP contribution in [-0.2, 0) is 17.9 Å². The molecule has 1 N–H and O–H groups in total. The molecule has 0 bridgehead atoms. The largest absolute Gasteiger partial charge is 0.381 e. The summed E-state index contributed by atoms with van der Waals surface area (Å²) in [5.41, 5.74) is 2.89. The first-order valence-electron chi connectivity index (χ1n) is 5.94. The highest BCUT2D eigenvalue weighted by atomic mass is 35.5. The summed E-state index contributed by atoms with van der Waals surface area (Å²) < 4.78 is 18.4. The van der Waals surface area contributed by atoms with E-state index in [0.29, 0.717) is 23.9 Å². The van der Waals surface area contributed by atoms with E-state index in [9.17, 15) is 4.39 Å². The Morgan fingerprint density at radius 3 is 2.58 bits per heavy atom. The monoisotopic (exact) mass is 279 g/mol. The Balaban J connectivity index is 2.09. The lowest BCUT2D eigenvalue weighted by Gasteiger charge is -2.11. The Morgan fingerprint density at radius 1 is 1.16 bits per heavy atom. The second-order valence-electron chi connectivity index (χ2n) is 4.21. The van der Waals surface area contributed by atoms with E-state index in [2.05, 4.69) is 5.32 Å². The van der Waals surface area contributed by atoms with Crippen LogP contribution in [-0.4, -0.2) is 7.11 Å². The van der Waals surface area contributed by atoms with Gasteiger partial charge in [-0.2, -0.15) is 0 Å². The molecule has 2 aromatic rings. The smallest absolute Gasteiger partial charge is 0.126 e. The normalized spacial score (nSPS) is 10.5. The van der Waals surface area contributed by atoms with Crippen LogP contribution in [0.3, 0.4) is 0 Å². The van der Waals surface area contributed by atoms with Crippen LogP contribution in [0.1, 0.15) is 11.1 Å². The van der Waals surface area contributed by atoms with E-state index in [-0.39, 0.29) is 5.82 Å². The van der Waals surface area contributed by atoms with E-state index >= 15 is 0 Å². The number of halogens is 2. The van der Waals surface area contributed by atoms with Crippen LogP contribution in [0.5, 0.6) is 0 Å². The number of ether oxygens (including phenoxy) is 1. The lowest BCUT2D eigenvalue weighted by atomic mass is 10.1. The highest BCUT2D eigenvalue weighted by Gasteiger charge is 2.03. The quantitative estimate of drug-likeness (QED) is 0.884. The van der Waals surface area contributed by atoms with Gasteiger partial charge in [0.1, 0.15) is 5.82 Å². The maximum absolute atomic E-state index is 13.2. The molecule has 0 unspecified atom stereocenters. The van der Waals surface area contributed by atoms with Gasteiger partial charge in [0, 0.05) is 24.4 Å². The summed E-state index contributed by atoms with van der Waals surface area (Å²) in [7, 11) is 1.66. The maximum Gasteiger partial charge on any atom is 0.126 e. The van der Waals surface area contributed by atoms with Crippen LogP contribution in [0.25, 0.3) is 0 Å². The Morgan fingerprint density at radius 2 is 1.89 bits per heavy atom. The van der Waals surface area contributed by atoms with Gasteiger partial charge in [-0.05, 0) is 29.3 Å². The van der Waals surface area contributed by atoms with Crippen molar-refractivity contribution in [3.05, 3.63) is 64.4 Å². The number of hydrogen-bond acceptors (Lipinski definition) is 2. The molecule has 0 spiro atoms. The van der Waals surface area contributed by atoms with Gasteiger partial charge in [0.05, 0.1) is 6.61 Å². The fraction of sp³-hybridized carbons (Fsp3) is 0.200. The second kappa shape index (κ2) is 6.55. The molecule has 19 heavy (non-hydrogen) atoms. The molecular formula is C15H15ClFNO. The van der Waals surface area contributed by atoms with Gasteiger partial charge in [0.15, 0.2) is 0 Å². The zero-order valence-corrected chi connectivity index (χ0v) is 11.4. The number of anilines is 1. The van der Waals surface area contributed by atoms with Crippen LogP contribution in [0.15, 0.2) is 42.5 Å². The van der Waals surface area contributed by atoms with Crippen LogP contribution < -0.4 is 5.32 Å². The molecular weight excluding hydrogens is 265 g/mol. The molecule has 2 nitrogen and oxygen atoms in total. The summed E-state index contributed by atoms with van der Waals surface area (Å²) in [4.78, 5) is 0. The Bertz CT molecular complexity index is 539. The summed E-state index contributed by atoms with van der Waals surface area (Å²) >= 11 is 5.81. The van der Waals surface area contributed by atoms with Gasteiger partial charge in [-0.15, -0.1) is 0 Å². The molecule has 0 saturated heterocycles. The molecule has 0 aliphatic rings. The van der Waals surface area contributed by atoms with E-state index in [1.807, 2.05) is 24.3 Å². The summed E-state index contributed by atoms with van der Waals surface area (Å²) in [6.07, 6.45) is 0. The van der Waals surface area contributed by atoms with Gasteiger partial charge in [-0.25, -0.2) is 4.39 Å². The molecule has 0 amide bonds. The summed E-state index contributed by atoms with van der Waals surface area (Å²) in [5.74, 6) is -0.347. The van der Waals surface area contributed by atoms with Crippen molar-refractivity contribution < 1.29 is 9.13 Å². The molecule has 0 atom stereocenters. The molecule has 2 rings (SSSR count). The highest BCUT2D eigenvalue weighted by molar-refractivity contribution is 6.30. The molecule has 0 aliphatic carbocycles. The minimum atomic E-state index is -0.347. The van der Waals surface area contributed by atoms with Crippen LogP contribution in [0.2, 0.25) is 5.02 Å². The fourth-order valence-electron chi connectivity index (χ4n) is 1.88. The summed E-state index contributed by atoms with van der Waals surface area (Å²) in [6, 6.07) is 12.4. The molecule has 0 aromatic heterocycles. The molecule has 0 saturated carbocycles. The fourth-order valence-corrected chi connectivity index (χ4v) is 2.10. The Labute approximate surface area is 117 Å². The predicted molar refractivity (Wildman–Crippen MR) is 75.9 cm³/mol. The minimum absolute atomic E-state index is 0.347. The Hall–Kier alpha value is -1.58. The van der Waals surface area contributed by atoms with Gasteiger partial charge in [0.2, 0.25) is 0 Å². The third kappa shape index (κ3) is 3.94. The van der Waals surface area contributed by atoms with Crippen LogP contribution in [0.4, 0.5) is 10.1 Å². The first-order chi connectivity index (χ1) is 9.19. The SMILES string of the molecule is COCc1ccccc1CNc1cc(F)cc(Cl)c1. The Kier molecular flexibility index (Phi) is 4.77. The second-order valence-corrected chi connectivity index (χ2v) is 4.65. The topological polar surface area (TPSA) is 21.3 Å². The number of nitrogens with one attached hydrogen (secondary N) is 1. The van der Waals surface area contributed by atoms with E-state index in [1.54, 1.807) is 13.2 Å². The molecule has 0 aliphatic heterocycles. The van der Waals surface area contributed by atoms with Gasteiger partial charge in [-0.3, -0.25) is 0 Å². The highest BCUT2D eigenvalue weighted by Crippen LogP contribution is 2.19. The van der Waals surface area contributed by atoms with E-state index in [1.165, 1.54) is 12.1 Å². The van der Waals surface area contributed by atoms with Gasteiger partial charge < -0.3 is 10.1 Å². The van der Waals surface area contributed by atoms with Crippen molar-refractivity contribution in [1.29, 1.82) is 0 Å². The first kappa shape index (κ1) is 13.8. The number of methoxy groups -OCH3 is 1. The van der Waals surface area contributed by atoms with Crippen molar-refractivity contribution >= 4 is 17.3 Å². The van der Waals surface area contributed by atoms with Crippen LogP contribution >= 0.6 is 11.6 Å². The first-order valence-corrected chi connectivity index (χ1v) is 6.32. The van der Waals surface area contributed by atoms with Crippen molar-refractivity contribution in [2.24, 2.45) is 0 Å². The number of hydrogen-bond donors (Lipinski definition) is 1. The van der Waals surface area contributed by atoms with Crippen molar-refractivity contribution in [2.75, 3.05) is 12.4 Å². The molecule has 4 heteroatoms.